The molecule has 0 saturated carbocycles. The first-order valence-electron chi connectivity index (χ1n) is 15.3. The standard InChI is InChI=1S/C35H35N3O5S2/c1-22-17-23(2)20-36(19-22)35(44)45-30-18-31(39)37(33(30)41)27-15-13-26(14-16-27)34(42)43-21-32(40)38-28-9-5-3-7-24(28)11-12-25-8-4-6-10-29(25)38/h3-10,13-16,22-23,30H,11-12,17-21H2,1-2H3/t22-,23-,30+/m1/s1. The molecule has 3 atom stereocenters. The number of rotatable bonds is 5. The summed E-state index contributed by atoms with van der Waals surface area (Å²) in [6, 6.07) is 21.6. The molecule has 10 heteroatoms. The highest BCUT2D eigenvalue weighted by molar-refractivity contribution is 8.23. The number of thioether (sulfide) groups is 1. The van der Waals surface area contributed by atoms with Crippen LogP contribution in [0.15, 0.2) is 72.8 Å². The average molecular weight is 642 g/mol. The Bertz CT molecular complexity index is 1600. The molecule has 2 fully saturated rings. The van der Waals surface area contributed by atoms with Gasteiger partial charge in [0.2, 0.25) is 11.8 Å². The zero-order valence-corrected chi connectivity index (χ0v) is 26.9. The lowest BCUT2D eigenvalue weighted by Crippen LogP contribution is -2.41. The van der Waals surface area contributed by atoms with Gasteiger partial charge in [0, 0.05) is 19.5 Å². The Kier molecular flexibility index (Phi) is 9.05. The van der Waals surface area contributed by atoms with Crippen LogP contribution < -0.4 is 9.80 Å². The van der Waals surface area contributed by atoms with E-state index in [4.69, 9.17) is 17.0 Å². The fraction of sp³-hybridized carbons (Fsp3) is 0.343. The first kappa shape index (κ1) is 31.0. The monoisotopic (exact) mass is 641 g/mol. The van der Waals surface area contributed by atoms with Crippen LogP contribution in [-0.4, -0.2) is 57.9 Å². The van der Waals surface area contributed by atoms with Crippen LogP contribution in [0.1, 0.15) is 48.2 Å². The van der Waals surface area contributed by atoms with Gasteiger partial charge in [-0.1, -0.05) is 74.2 Å². The number of imide groups is 1. The van der Waals surface area contributed by atoms with Gasteiger partial charge in [0.25, 0.3) is 5.91 Å². The quantitative estimate of drug-likeness (QED) is 0.192. The highest BCUT2D eigenvalue weighted by Gasteiger charge is 2.41. The van der Waals surface area contributed by atoms with Crippen LogP contribution in [0.4, 0.5) is 17.1 Å². The lowest BCUT2D eigenvalue weighted by Gasteiger charge is -2.36. The number of likely N-dealkylation sites (tertiary alicyclic amines) is 1. The Morgan fingerprint density at radius 3 is 2.04 bits per heavy atom. The van der Waals surface area contributed by atoms with Gasteiger partial charge in [0.1, 0.15) is 9.57 Å². The molecule has 0 bridgehead atoms. The Morgan fingerprint density at radius 2 is 1.44 bits per heavy atom. The first-order chi connectivity index (χ1) is 21.7. The largest absolute Gasteiger partial charge is 0.452 e. The summed E-state index contributed by atoms with van der Waals surface area (Å²) in [7, 11) is 0. The number of esters is 1. The van der Waals surface area contributed by atoms with Crippen LogP contribution in [0.5, 0.6) is 0 Å². The van der Waals surface area contributed by atoms with Crippen molar-refractivity contribution in [3.63, 3.8) is 0 Å². The summed E-state index contributed by atoms with van der Waals surface area (Å²) >= 11 is 6.95. The molecule has 6 rings (SSSR count). The van der Waals surface area contributed by atoms with E-state index in [-0.39, 0.29) is 29.7 Å². The molecule has 3 amide bonds. The minimum Gasteiger partial charge on any atom is -0.452 e. The number of aryl methyl sites for hydroxylation is 2. The highest BCUT2D eigenvalue weighted by atomic mass is 32.2. The fourth-order valence-corrected chi connectivity index (χ4v) is 8.02. The molecule has 0 aliphatic carbocycles. The summed E-state index contributed by atoms with van der Waals surface area (Å²) in [6.07, 6.45) is 2.82. The van der Waals surface area contributed by atoms with E-state index in [0.717, 1.165) is 59.8 Å². The number of piperidine rings is 1. The van der Waals surface area contributed by atoms with Gasteiger partial charge < -0.3 is 9.64 Å². The minimum atomic E-state index is -0.672. The summed E-state index contributed by atoms with van der Waals surface area (Å²) in [6.45, 7) is 5.67. The number of thiocarbonyl (C=S) groups is 1. The Balaban J connectivity index is 1.09. The summed E-state index contributed by atoms with van der Waals surface area (Å²) in [5.41, 5.74) is 4.25. The van der Waals surface area contributed by atoms with Crippen molar-refractivity contribution in [2.45, 2.75) is 44.8 Å². The van der Waals surface area contributed by atoms with Crippen LogP contribution in [0.25, 0.3) is 0 Å². The van der Waals surface area contributed by atoms with Crippen LogP contribution in [-0.2, 0) is 32.0 Å². The van der Waals surface area contributed by atoms with Crippen molar-refractivity contribution < 1.29 is 23.9 Å². The second-order valence-corrected chi connectivity index (χ2v) is 13.9. The SMILES string of the molecule is C[C@@H]1C[C@@H](C)CN(C(=S)S[C@H]2CC(=O)N(c3ccc(C(=O)OCC(=O)N4c5ccccc5CCc5ccccc54)cc3)C2=O)C1. The van der Waals surface area contributed by atoms with Gasteiger partial charge in [-0.05, 0) is 78.6 Å². The zero-order valence-electron chi connectivity index (χ0n) is 25.3. The third kappa shape index (κ3) is 6.53. The molecule has 45 heavy (non-hydrogen) atoms. The molecule has 3 aliphatic rings. The van der Waals surface area contributed by atoms with Gasteiger partial charge >= 0.3 is 5.97 Å². The van der Waals surface area contributed by atoms with Crippen molar-refractivity contribution in [1.82, 2.24) is 4.90 Å². The van der Waals surface area contributed by atoms with Crippen LogP contribution in [0.2, 0.25) is 0 Å². The van der Waals surface area contributed by atoms with Crippen molar-refractivity contribution in [3.8, 4) is 0 Å². The van der Waals surface area contributed by atoms with E-state index in [9.17, 15) is 19.2 Å². The van der Waals surface area contributed by atoms with Gasteiger partial charge in [0.15, 0.2) is 6.61 Å². The molecule has 0 spiro atoms. The molecule has 0 radical (unpaired) electrons. The van der Waals surface area contributed by atoms with E-state index in [1.54, 1.807) is 17.0 Å². The number of hydrogen-bond donors (Lipinski definition) is 0. The Labute approximate surface area is 272 Å². The van der Waals surface area contributed by atoms with Gasteiger partial charge in [-0.15, -0.1) is 0 Å². The van der Waals surface area contributed by atoms with Crippen LogP contribution in [0.3, 0.4) is 0 Å². The predicted molar refractivity (Wildman–Crippen MR) is 180 cm³/mol. The van der Waals surface area contributed by atoms with Crippen molar-refractivity contribution in [1.29, 1.82) is 0 Å². The van der Waals surface area contributed by atoms with E-state index in [1.165, 1.54) is 23.9 Å². The van der Waals surface area contributed by atoms with Crippen molar-refractivity contribution in [2.24, 2.45) is 11.8 Å². The fourth-order valence-electron chi connectivity index (χ4n) is 6.55. The molecule has 3 aromatic rings. The van der Waals surface area contributed by atoms with Crippen LogP contribution in [0, 0.1) is 11.8 Å². The van der Waals surface area contributed by atoms with E-state index in [1.807, 2.05) is 48.5 Å². The molecule has 232 valence electrons. The number of benzene rings is 3. The number of para-hydroxylation sites is 2. The van der Waals surface area contributed by atoms with E-state index >= 15 is 0 Å². The first-order valence-corrected chi connectivity index (χ1v) is 16.6. The van der Waals surface area contributed by atoms with Gasteiger partial charge in [-0.25, -0.2) is 9.69 Å². The third-order valence-electron chi connectivity index (χ3n) is 8.54. The van der Waals surface area contributed by atoms with Crippen molar-refractivity contribution in [3.05, 3.63) is 89.5 Å². The predicted octanol–water partition coefficient (Wildman–Crippen LogP) is 5.93. The van der Waals surface area contributed by atoms with Gasteiger partial charge in [0.05, 0.1) is 22.6 Å². The van der Waals surface area contributed by atoms with Crippen molar-refractivity contribution >= 4 is 69.1 Å². The number of fused-ring (bicyclic) bond motifs is 2. The second kappa shape index (κ2) is 13.1. The molecule has 3 heterocycles. The maximum Gasteiger partial charge on any atom is 0.338 e. The molecular weight excluding hydrogens is 607 g/mol. The lowest BCUT2D eigenvalue weighted by molar-refractivity contribution is -0.122. The molecule has 0 aromatic heterocycles. The summed E-state index contributed by atoms with van der Waals surface area (Å²) in [5.74, 6) is -0.602. The zero-order chi connectivity index (χ0) is 31.7. The molecule has 3 aliphatic heterocycles. The number of nitrogens with zero attached hydrogens (tertiary/aromatic N) is 3. The third-order valence-corrected chi connectivity index (χ3v) is 10.2. The maximum atomic E-state index is 13.5. The molecule has 3 aromatic carbocycles. The number of carbonyl (C=O) groups excluding carboxylic acids is 4. The van der Waals surface area contributed by atoms with E-state index in [2.05, 4.69) is 18.7 Å². The molecule has 2 saturated heterocycles. The molecule has 8 nitrogen and oxygen atoms in total. The van der Waals surface area contributed by atoms with Crippen LogP contribution >= 0.6 is 24.0 Å². The lowest BCUT2D eigenvalue weighted by atomic mass is 9.92. The topological polar surface area (TPSA) is 87.2 Å². The van der Waals surface area contributed by atoms with E-state index in [0.29, 0.717) is 21.8 Å². The van der Waals surface area contributed by atoms with Gasteiger partial charge in [-0.3, -0.25) is 19.3 Å². The summed E-state index contributed by atoms with van der Waals surface area (Å²) in [5, 5.41) is -0.581. The Hall–Kier alpha value is -4.02. The number of carbonyl (C=O) groups is 4. The normalized spacial score (nSPS) is 21.2. The number of amides is 3. The number of anilines is 3. The van der Waals surface area contributed by atoms with Crippen molar-refractivity contribution in [2.75, 3.05) is 29.5 Å². The minimum absolute atomic E-state index is 0.0667. The second-order valence-electron chi connectivity index (χ2n) is 12.1. The molecular formula is C35H35N3O5S2. The van der Waals surface area contributed by atoms with Gasteiger partial charge in [-0.2, -0.15) is 0 Å². The number of ether oxygens (including phenoxy) is 1. The molecule has 0 unspecified atom stereocenters. The summed E-state index contributed by atoms with van der Waals surface area (Å²) in [4.78, 5) is 57.6. The highest BCUT2D eigenvalue weighted by Crippen LogP contribution is 2.36. The maximum absolute atomic E-state index is 13.5. The average Bonchev–Trinajstić information content (AvgIpc) is 3.20. The van der Waals surface area contributed by atoms with E-state index < -0.39 is 17.8 Å². The molecule has 0 N–H and O–H groups in total. The number of hydrogen-bond acceptors (Lipinski definition) is 7. The Morgan fingerprint density at radius 1 is 0.867 bits per heavy atom. The smallest absolute Gasteiger partial charge is 0.338 e. The summed E-state index contributed by atoms with van der Waals surface area (Å²) < 4.78 is 6.11.